The molecule has 0 aliphatic heterocycles. The van der Waals surface area contributed by atoms with Gasteiger partial charge in [-0.15, -0.1) is 11.6 Å². The minimum Gasteiger partial charge on any atom is -0.354 e. The fourth-order valence-electron chi connectivity index (χ4n) is 1.45. The molecule has 0 aromatic rings. The summed E-state index contributed by atoms with van der Waals surface area (Å²) >= 11 is 5.76. The lowest BCUT2D eigenvalue weighted by Crippen LogP contribution is -2.45. The molecule has 0 saturated carbocycles. The average Bonchev–Trinajstić information content (AvgIpc) is 2.24. The van der Waals surface area contributed by atoms with Crippen LogP contribution in [0.3, 0.4) is 0 Å². The predicted octanol–water partition coefficient (Wildman–Crippen LogP) is 2.34. The first-order valence-electron chi connectivity index (χ1n) is 6.25. The van der Waals surface area contributed by atoms with Crippen molar-refractivity contribution in [3.63, 3.8) is 0 Å². The first-order chi connectivity index (χ1) is 7.70. The Morgan fingerprint density at radius 3 is 2.29 bits per heavy atom. The molecule has 0 fully saturated rings. The number of carbonyl (C=O) groups is 1. The highest BCUT2D eigenvalue weighted by molar-refractivity contribution is 6.19. The zero-order chi connectivity index (χ0) is 13.6. The largest absolute Gasteiger partial charge is 0.354 e. The zero-order valence-electron chi connectivity index (χ0n) is 12.0. The Morgan fingerprint density at radius 1 is 1.35 bits per heavy atom. The number of alkyl halides is 1. The molecule has 0 radical (unpaired) electrons. The van der Waals surface area contributed by atoms with Crippen LogP contribution in [0.4, 0.5) is 0 Å². The number of rotatable bonds is 7. The molecule has 0 saturated heterocycles. The van der Waals surface area contributed by atoms with E-state index in [9.17, 15) is 4.79 Å². The number of nitrogens with zero attached hydrogens (tertiary/aromatic N) is 1. The van der Waals surface area contributed by atoms with Gasteiger partial charge in [-0.2, -0.15) is 0 Å². The van der Waals surface area contributed by atoms with E-state index < -0.39 is 5.41 Å². The van der Waals surface area contributed by atoms with Crippen molar-refractivity contribution in [2.24, 2.45) is 11.3 Å². The first kappa shape index (κ1) is 16.7. The van der Waals surface area contributed by atoms with Gasteiger partial charge in [-0.3, -0.25) is 4.79 Å². The summed E-state index contributed by atoms with van der Waals surface area (Å²) in [6, 6.07) is 0.340. The first-order valence-corrected chi connectivity index (χ1v) is 6.78. The molecule has 1 amide bonds. The molecule has 0 aliphatic carbocycles. The van der Waals surface area contributed by atoms with Gasteiger partial charge in [0.1, 0.15) is 0 Å². The molecule has 0 aromatic carbocycles. The summed E-state index contributed by atoms with van der Waals surface area (Å²) in [6.07, 6.45) is 0. The van der Waals surface area contributed by atoms with Gasteiger partial charge in [0.05, 0.1) is 5.41 Å². The van der Waals surface area contributed by atoms with Gasteiger partial charge >= 0.3 is 0 Å². The third kappa shape index (κ3) is 6.27. The van der Waals surface area contributed by atoms with Crippen LogP contribution in [-0.4, -0.2) is 42.9 Å². The van der Waals surface area contributed by atoms with Gasteiger partial charge < -0.3 is 10.2 Å². The summed E-state index contributed by atoms with van der Waals surface area (Å²) in [5.41, 5.74) is -0.488. The van der Waals surface area contributed by atoms with E-state index >= 15 is 0 Å². The van der Waals surface area contributed by atoms with Crippen molar-refractivity contribution in [3.05, 3.63) is 0 Å². The smallest absolute Gasteiger partial charge is 0.226 e. The monoisotopic (exact) mass is 262 g/mol. The summed E-state index contributed by atoms with van der Waals surface area (Å²) in [7, 11) is 2.09. The van der Waals surface area contributed by atoms with Crippen LogP contribution in [0.1, 0.15) is 34.6 Å². The Bertz CT molecular complexity index is 242. The number of hydrogen-bond acceptors (Lipinski definition) is 2. The highest BCUT2D eigenvalue weighted by Gasteiger charge is 2.26. The summed E-state index contributed by atoms with van der Waals surface area (Å²) in [6.45, 7) is 11.9. The van der Waals surface area contributed by atoms with Crippen LogP contribution in [-0.2, 0) is 4.79 Å². The maximum atomic E-state index is 11.8. The van der Waals surface area contributed by atoms with Gasteiger partial charge in [0.2, 0.25) is 5.91 Å². The van der Waals surface area contributed by atoms with E-state index in [1.54, 1.807) is 0 Å². The molecular formula is C13H27ClN2O. The second kappa shape index (κ2) is 7.22. The van der Waals surface area contributed by atoms with Gasteiger partial charge in [-0.25, -0.2) is 0 Å². The maximum Gasteiger partial charge on any atom is 0.226 e. The van der Waals surface area contributed by atoms with Crippen LogP contribution in [0, 0.1) is 11.3 Å². The number of halogens is 1. The van der Waals surface area contributed by atoms with E-state index in [1.165, 1.54) is 0 Å². The van der Waals surface area contributed by atoms with Crippen molar-refractivity contribution in [3.8, 4) is 0 Å². The second-order valence-electron chi connectivity index (χ2n) is 5.91. The quantitative estimate of drug-likeness (QED) is 0.715. The summed E-state index contributed by atoms with van der Waals surface area (Å²) < 4.78 is 0. The molecule has 0 aromatic heterocycles. The molecule has 1 unspecified atom stereocenters. The summed E-state index contributed by atoms with van der Waals surface area (Å²) in [5.74, 6) is 1.00. The Morgan fingerprint density at radius 2 is 1.88 bits per heavy atom. The van der Waals surface area contributed by atoms with Gasteiger partial charge in [0, 0.05) is 25.0 Å². The summed E-state index contributed by atoms with van der Waals surface area (Å²) in [4.78, 5) is 14.1. The fraction of sp³-hybridized carbons (Fsp3) is 0.923. The lowest BCUT2D eigenvalue weighted by molar-refractivity contribution is -0.128. The van der Waals surface area contributed by atoms with Crippen molar-refractivity contribution in [2.45, 2.75) is 40.7 Å². The Kier molecular flexibility index (Phi) is 7.10. The van der Waals surface area contributed by atoms with Gasteiger partial charge in [-0.05, 0) is 33.7 Å². The molecule has 1 N–H and O–H groups in total. The van der Waals surface area contributed by atoms with Crippen LogP contribution in [0.15, 0.2) is 0 Å². The lowest BCUT2D eigenvalue weighted by Gasteiger charge is -2.28. The molecule has 1 atom stereocenters. The number of carbonyl (C=O) groups excluding carboxylic acids is 1. The molecule has 102 valence electrons. The molecule has 0 bridgehead atoms. The highest BCUT2D eigenvalue weighted by Crippen LogP contribution is 2.16. The van der Waals surface area contributed by atoms with Gasteiger partial charge in [-0.1, -0.05) is 13.8 Å². The maximum absolute atomic E-state index is 11.8. The van der Waals surface area contributed by atoms with E-state index in [-0.39, 0.29) is 5.91 Å². The van der Waals surface area contributed by atoms with Crippen LogP contribution in [0.5, 0.6) is 0 Å². The van der Waals surface area contributed by atoms with Crippen LogP contribution in [0.2, 0.25) is 0 Å². The van der Waals surface area contributed by atoms with Crippen molar-refractivity contribution in [1.82, 2.24) is 10.2 Å². The molecular weight excluding hydrogens is 236 g/mol. The normalized spacial score (nSPS) is 14.2. The number of nitrogens with one attached hydrogen (secondary N) is 1. The third-order valence-electron chi connectivity index (χ3n) is 2.91. The van der Waals surface area contributed by atoms with Crippen molar-refractivity contribution in [1.29, 1.82) is 0 Å². The minimum atomic E-state index is -0.488. The molecule has 0 spiro atoms. The fourth-order valence-corrected chi connectivity index (χ4v) is 1.57. The van der Waals surface area contributed by atoms with Gasteiger partial charge in [0.25, 0.3) is 0 Å². The lowest BCUT2D eigenvalue weighted by atomic mass is 9.95. The predicted molar refractivity (Wildman–Crippen MR) is 74.4 cm³/mol. The van der Waals surface area contributed by atoms with Crippen LogP contribution in [0.25, 0.3) is 0 Å². The molecule has 0 rings (SSSR count). The van der Waals surface area contributed by atoms with E-state index in [2.05, 4.69) is 38.0 Å². The Balaban J connectivity index is 4.07. The van der Waals surface area contributed by atoms with Crippen molar-refractivity contribution in [2.75, 3.05) is 26.0 Å². The molecule has 17 heavy (non-hydrogen) atoms. The number of likely N-dealkylation sites (N-methyl/N-ethyl adjacent to an activating group) is 1. The molecule has 0 aliphatic rings. The van der Waals surface area contributed by atoms with Crippen molar-refractivity contribution >= 4 is 17.5 Å². The Labute approximate surface area is 111 Å². The van der Waals surface area contributed by atoms with Crippen LogP contribution < -0.4 is 5.32 Å². The van der Waals surface area contributed by atoms with E-state index in [0.29, 0.717) is 24.4 Å². The topological polar surface area (TPSA) is 32.3 Å². The number of hydrogen-bond donors (Lipinski definition) is 1. The zero-order valence-corrected chi connectivity index (χ0v) is 12.8. The molecule has 0 heterocycles. The van der Waals surface area contributed by atoms with Crippen molar-refractivity contribution < 1.29 is 4.79 Å². The van der Waals surface area contributed by atoms with E-state index in [0.717, 1.165) is 6.54 Å². The number of amides is 1. The standard InChI is InChI=1S/C13H27ClN2O/c1-10(2)8-16(6)11(3)7-15-12(17)13(4,5)9-14/h10-11H,7-9H2,1-6H3,(H,15,17). The van der Waals surface area contributed by atoms with E-state index in [1.807, 2.05) is 13.8 Å². The second-order valence-corrected chi connectivity index (χ2v) is 6.18. The average molecular weight is 263 g/mol. The molecule has 4 heteroatoms. The minimum absolute atomic E-state index is 0.0253. The third-order valence-corrected chi connectivity index (χ3v) is 3.58. The molecule has 3 nitrogen and oxygen atoms in total. The Hall–Kier alpha value is -0.280. The summed E-state index contributed by atoms with van der Waals surface area (Å²) in [5, 5.41) is 2.96. The van der Waals surface area contributed by atoms with Gasteiger partial charge in [0.15, 0.2) is 0 Å². The SMILES string of the molecule is CC(C)CN(C)C(C)CNC(=O)C(C)(C)CCl. The van der Waals surface area contributed by atoms with Crippen LogP contribution >= 0.6 is 11.6 Å². The van der Waals surface area contributed by atoms with E-state index in [4.69, 9.17) is 11.6 Å². The highest BCUT2D eigenvalue weighted by atomic mass is 35.5.